The Morgan fingerprint density at radius 2 is 1.62 bits per heavy atom. The Hall–Kier alpha value is -4.33. The van der Waals surface area contributed by atoms with E-state index in [2.05, 4.69) is 20.7 Å². The zero-order valence-corrected chi connectivity index (χ0v) is 17.9. The van der Waals surface area contributed by atoms with Gasteiger partial charge < -0.3 is 14.2 Å². The molecule has 8 nitrogen and oxygen atoms in total. The summed E-state index contributed by atoms with van der Waals surface area (Å²) >= 11 is 0. The topological polar surface area (TPSA) is 97.8 Å². The number of rotatable bonds is 7. The first kappa shape index (κ1) is 20.9. The summed E-state index contributed by atoms with van der Waals surface area (Å²) in [4.78, 5) is 12.5. The standard InChI is InChI=1S/C24H22N4O4/c1-30-21-13-23(32-3)22(31-2)11-18(21)14-25-28-24(29)20-12-19(26-27-20)17-9-8-15-6-4-5-7-16(15)10-17/h4-14H,1-3H3,(H,26,27)(H,28,29)/b25-14-. The Kier molecular flexibility index (Phi) is 6.03. The minimum atomic E-state index is -0.416. The van der Waals surface area contributed by atoms with E-state index >= 15 is 0 Å². The van der Waals surface area contributed by atoms with Gasteiger partial charge in [0.2, 0.25) is 0 Å². The molecule has 32 heavy (non-hydrogen) atoms. The molecule has 4 rings (SSSR count). The minimum Gasteiger partial charge on any atom is -0.496 e. The van der Waals surface area contributed by atoms with Gasteiger partial charge in [-0.25, -0.2) is 5.43 Å². The maximum atomic E-state index is 12.5. The molecule has 2 N–H and O–H groups in total. The highest BCUT2D eigenvalue weighted by atomic mass is 16.5. The molecule has 8 heteroatoms. The van der Waals surface area contributed by atoms with Crippen molar-refractivity contribution in [2.45, 2.75) is 0 Å². The quantitative estimate of drug-likeness (QED) is 0.341. The molecule has 0 unspecified atom stereocenters. The fourth-order valence-corrected chi connectivity index (χ4v) is 3.31. The molecule has 1 heterocycles. The Morgan fingerprint density at radius 1 is 0.906 bits per heavy atom. The van der Waals surface area contributed by atoms with Crippen molar-refractivity contribution in [2.24, 2.45) is 5.10 Å². The molecule has 0 saturated heterocycles. The van der Waals surface area contributed by atoms with Crippen molar-refractivity contribution < 1.29 is 19.0 Å². The van der Waals surface area contributed by atoms with E-state index in [0.29, 0.717) is 34.2 Å². The summed E-state index contributed by atoms with van der Waals surface area (Å²) in [5.74, 6) is 1.17. The number of ether oxygens (including phenoxy) is 3. The van der Waals surface area contributed by atoms with E-state index in [4.69, 9.17) is 14.2 Å². The van der Waals surface area contributed by atoms with Crippen LogP contribution in [0.25, 0.3) is 22.0 Å². The summed E-state index contributed by atoms with van der Waals surface area (Å²) in [5.41, 5.74) is 4.99. The van der Waals surface area contributed by atoms with Gasteiger partial charge in [-0.3, -0.25) is 9.89 Å². The van der Waals surface area contributed by atoms with Gasteiger partial charge in [0.25, 0.3) is 5.91 Å². The van der Waals surface area contributed by atoms with Crippen LogP contribution in [0, 0.1) is 0 Å². The third kappa shape index (κ3) is 4.24. The zero-order valence-electron chi connectivity index (χ0n) is 17.9. The highest BCUT2D eigenvalue weighted by Gasteiger charge is 2.12. The predicted molar refractivity (Wildman–Crippen MR) is 123 cm³/mol. The second-order valence-electron chi connectivity index (χ2n) is 6.88. The van der Waals surface area contributed by atoms with Gasteiger partial charge in [0, 0.05) is 17.2 Å². The van der Waals surface area contributed by atoms with Crippen LogP contribution in [0.15, 0.2) is 65.8 Å². The lowest BCUT2D eigenvalue weighted by Gasteiger charge is -2.11. The van der Waals surface area contributed by atoms with Crippen LogP contribution < -0.4 is 19.6 Å². The van der Waals surface area contributed by atoms with E-state index in [1.165, 1.54) is 13.3 Å². The molecule has 0 aliphatic heterocycles. The number of aromatic amines is 1. The van der Waals surface area contributed by atoms with Crippen LogP contribution in [0.3, 0.4) is 0 Å². The molecule has 0 spiro atoms. The fourth-order valence-electron chi connectivity index (χ4n) is 3.31. The number of hydrogen-bond donors (Lipinski definition) is 2. The van der Waals surface area contributed by atoms with Crippen molar-refractivity contribution in [1.82, 2.24) is 15.6 Å². The van der Waals surface area contributed by atoms with Gasteiger partial charge in [-0.2, -0.15) is 10.2 Å². The van der Waals surface area contributed by atoms with Crippen molar-refractivity contribution >= 4 is 22.9 Å². The first-order valence-electron chi connectivity index (χ1n) is 9.81. The lowest BCUT2D eigenvalue weighted by Crippen LogP contribution is -2.18. The van der Waals surface area contributed by atoms with Crippen LogP contribution in [0.1, 0.15) is 16.1 Å². The first-order valence-corrected chi connectivity index (χ1v) is 9.81. The SMILES string of the molecule is COc1cc(OC)c(OC)cc1/C=N\NC(=O)c1cc(-c2ccc3ccccc3c2)n[nH]1. The summed E-state index contributed by atoms with van der Waals surface area (Å²) in [6.07, 6.45) is 1.47. The van der Waals surface area contributed by atoms with Crippen LogP contribution in [0.4, 0.5) is 0 Å². The number of hydrazone groups is 1. The number of hydrogen-bond acceptors (Lipinski definition) is 6. The number of H-pyrrole nitrogens is 1. The Balaban J connectivity index is 1.49. The number of nitrogens with one attached hydrogen (secondary N) is 2. The summed E-state index contributed by atoms with van der Waals surface area (Å²) in [6, 6.07) is 19.2. The predicted octanol–water partition coefficient (Wildman–Crippen LogP) is 4.02. The molecule has 0 bridgehead atoms. The van der Waals surface area contributed by atoms with Crippen LogP contribution in [0.5, 0.6) is 17.2 Å². The number of carbonyl (C=O) groups is 1. The first-order chi connectivity index (χ1) is 15.6. The van der Waals surface area contributed by atoms with Gasteiger partial charge in [0.05, 0.1) is 33.2 Å². The highest BCUT2D eigenvalue weighted by Crippen LogP contribution is 2.33. The van der Waals surface area contributed by atoms with Crippen molar-refractivity contribution in [1.29, 1.82) is 0 Å². The van der Waals surface area contributed by atoms with E-state index in [1.54, 1.807) is 32.4 Å². The Labute approximate surface area is 184 Å². The fraction of sp³-hybridized carbons (Fsp3) is 0.125. The average Bonchev–Trinajstić information content (AvgIpc) is 3.33. The van der Waals surface area contributed by atoms with Crippen molar-refractivity contribution in [3.8, 4) is 28.5 Å². The number of aromatic nitrogens is 2. The second-order valence-corrected chi connectivity index (χ2v) is 6.88. The molecule has 0 saturated carbocycles. The molecular formula is C24H22N4O4. The molecule has 0 aliphatic rings. The van der Waals surface area contributed by atoms with E-state index < -0.39 is 5.91 Å². The molecule has 0 radical (unpaired) electrons. The lowest BCUT2D eigenvalue weighted by atomic mass is 10.1. The zero-order chi connectivity index (χ0) is 22.5. The Morgan fingerprint density at radius 3 is 2.38 bits per heavy atom. The smallest absolute Gasteiger partial charge is 0.289 e. The van der Waals surface area contributed by atoms with Crippen LogP contribution in [0.2, 0.25) is 0 Å². The summed E-state index contributed by atoms with van der Waals surface area (Å²) in [7, 11) is 4.62. The molecule has 0 atom stereocenters. The largest absolute Gasteiger partial charge is 0.496 e. The second kappa shape index (κ2) is 9.22. The molecule has 3 aromatic carbocycles. The molecule has 0 fully saturated rings. The van der Waals surface area contributed by atoms with Crippen molar-refractivity contribution in [2.75, 3.05) is 21.3 Å². The summed E-state index contributed by atoms with van der Waals surface area (Å²) in [5, 5.41) is 13.3. The molecule has 1 aromatic heterocycles. The van der Waals surface area contributed by atoms with Crippen molar-refractivity contribution in [3.05, 3.63) is 71.9 Å². The van der Waals surface area contributed by atoms with Gasteiger partial charge in [-0.05, 0) is 29.0 Å². The van der Waals surface area contributed by atoms with Crippen molar-refractivity contribution in [3.63, 3.8) is 0 Å². The number of amides is 1. The lowest BCUT2D eigenvalue weighted by molar-refractivity contribution is 0.0950. The van der Waals surface area contributed by atoms with Gasteiger partial charge in [0.1, 0.15) is 11.4 Å². The van der Waals surface area contributed by atoms with Crippen LogP contribution in [-0.4, -0.2) is 43.6 Å². The average molecular weight is 430 g/mol. The molecule has 1 amide bonds. The monoisotopic (exact) mass is 430 g/mol. The van der Waals surface area contributed by atoms with Gasteiger partial charge in [-0.15, -0.1) is 0 Å². The molecular weight excluding hydrogens is 408 g/mol. The number of methoxy groups -OCH3 is 3. The number of benzene rings is 3. The molecule has 4 aromatic rings. The third-order valence-corrected chi connectivity index (χ3v) is 4.97. The maximum absolute atomic E-state index is 12.5. The van der Waals surface area contributed by atoms with E-state index in [-0.39, 0.29) is 0 Å². The van der Waals surface area contributed by atoms with Gasteiger partial charge in [-0.1, -0.05) is 36.4 Å². The van der Waals surface area contributed by atoms with E-state index in [9.17, 15) is 4.79 Å². The van der Waals surface area contributed by atoms with Crippen LogP contribution in [-0.2, 0) is 0 Å². The number of carbonyl (C=O) groups excluding carboxylic acids is 1. The van der Waals surface area contributed by atoms with Gasteiger partial charge >= 0.3 is 0 Å². The Bertz CT molecular complexity index is 1300. The minimum absolute atomic E-state index is 0.296. The van der Waals surface area contributed by atoms with Crippen LogP contribution >= 0.6 is 0 Å². The van der Waals surface area contributed by atoms with Gasteiger partial charge in [0.15, 0.2) is 11.5 Å². The summed E-state index contributed by atoms with van der Waals surface area (Å²) < 4.78 is 15.9. The number of fused-ring (bicyclic) bond motifs is 1. The van der Waals surface area contributed by atoms with E-state index in [0.717, 1.165) is 16.3 Å². The molecule has 162 valence electrons. The number of nitrogens with zero attached hydrogens (tertiary/aromatic N) is 2. The highest BCUT2D eigenvalue weighted by molar-refractivity contribution is 5.95. The van der Waals surface area contributed by atoms with E-state index in [1.807, 2.05) is 42.5 Å². The molecule has 0 aliphatic carbocycles. The third-order valence-electron chi connectivity index (χ3n) is 4.97. The maximum Gasteiger partial charge on any atom is 0.289 e. The normalized spacial score (nSPS) is 11.0. The summed E-state index contributed by atoms with van der Waals surface area (Å²) in [6.45, 7) is 0.